The number of nitrogens with one attached hydrogen (secondary N) is 2. The second kappa shape index (κ2) is 6.43. The Hall–Kier alpha value is -1.69. The van der Waals surface area contributed by atoms with Gasteiger partial charge in [0.2, 0.25) is 11.4 Å². The van der Waals surface area contributed by atoms with Crippen molar-refractivity contribution in [1.82, 2.24) is 10.6 Å². The second-order valence-corrected chi connectivity index (χ2v) is 6.87. The minimum Gasteiger partial charge on any atom is -0.479 e. The number of Topliss-reactive ketones (excluding diaryl/α,β-unsaturated/α-hetero) is 1. The Morgan fingerprint density at radius 2 is 2.04 bits per heavy atom. The van der Waals surface area contributed by atoms with Gasteiger partial charge in [0.25, 0.3) is 0 Å². The number of aliphatic carboxylic acids is 1. The van der Waals surface area contributed by atoms with E-state index >= 15 is 0 Å². The van der Waals surface area contributed by atoms with Crippen molar-refractivity contribution in [3.63, 3.8) is 0 Å². The highest BCUT2D eigenvalue weighted by atomic mass is 16.4. The van der Waals surface area contributed by atoms with Crippen LogP contribution in [0.2, 0.25) is 0 Å². The predicted molar refractivity (Wildman–Crippen MR) is 83.7 cm³/mol. The molecule has 0 radical (unpaired) electrons. The quantitative estimate of drug-likeness (QED) is 0.492. The standard InChI is InChI=1S/C17H24N2O4/c20-14-13-8-3-1-2-4-9-18-10-11-6-5-7-12(11)15(21)19-17(13,14)16(22)23/h3,8,11-13,18H,1-2,4-7,9-10H2,(H,19,21)(H,22,23). The molecule has 0 aromatic carbocycles. The Bertz CT molecular complexity index is 545. The van der Waals surface area contributed by atoms with Crippen LogP contribution in [0.1, 0.15) is 38.5 Å². The molecule has 3 aliphatic rings. The van der Waals surface area contributed by atoms with Crippen LogP contribution in [-0.2, 0) is 14.4 Å². The number of rotatable bonds is 1. The number of ketones is 1. The summed E-state index contributed by atoms with van der Waals surface area (Å²) >= 11 is 0. The molecule has 0 saturated heterocycles. The van der Waals surface area contributed by atoms with Gasteiger partial charge >= 0.3 is 5.97 Å². The van der Waals surface area contributed by atoms with Crippen LogP contribution >= 0.6 is 0 Å². The van der Waals surface area contributed by atoms with Crippen molar-refractivity contribution in [2.45, 2.75) is 44.1 Å². The van der Waals surface area contributed by atoms with E-state index in [-0.39, 0.29) is 17.7 Å². The number of fused-ring (bicyclic) bond motifs is 2. The van der Waals surface area contributed by atoms with Gasteiger partial charge in [-0.05, 0) is 51.1 Å². The minimum atomic E-state index is -1.72. The maximum atomic E-state index is 12.6. The number of hydrogen-bond donors (Lipinski definition) is 3. The summed E-state index contributed by atoms with van der Waals surface area (Å²) in [5.74, 6) is -2.61. The van der Waals surface area contributed by atoms with Crippen LogP contribution < -0.4 is 10.6 Å². The van der Waals surface area contributed by atoms with Crippen molar-refractivity contribution in [3.05, 3.63) is 12.2 Å². The van der Waals surface area contributed by atoms with Crippen molar-refractivity contribution in [2.24, 2.45) is 17.8 Å². The Morgan fingerprint density at radius 1 is 1.22 bits per heavy atom. The zero-order valence-corrected chi connectivity index (χ0v) is 13.2. The van der Waals surface area contributed by atoms with Gasteiger partial charge in [0.05, 0.1) is 5.92 Å². The fraction of sp³-hybridized carbons (Fsp3) is 0.706. The van der Waals surface area contributed by atoms with Crippen molar-refractivity contribution >= 4 is 17.7 Å². The molecule has 3 N–H and O–H groups in total. The first-order valence-electron chi connectivity index (χ1n) is 8.54. The first-order valence-corrected chi connectivity index (χ1v) is 8.54. The molecule has 1 amide bonds. The summed E-state index contributed by atoms with van der Waals surface area (Å²) in [4.78, 5) is 36.3. The zero-order valence-electron chi connectivity index (χ0n) is 13.2. The van der Waals surface area contributed by atoms with Gasteiger partial charge in [-0.3, -0.25) is 9.59 Å². The maximum absolute atomic E-state index is 12.6. The molecular formula is C17H24N2O4. The molecule has 4 atom stereocenters. The number of carbonyl (C=O) groups is 3. The highest BCUT2D eigenvalue weighted by Gasteiger charge is 2.71. The van der Waals surface area contributed by atoms with Gasteiger partial charge in [0, 0.05) is 5.92 Å². The number of amides is 1. The van der Waals surface area contributed by atoms with Crippen LogP contribution in [0.3, 0.4) is 0 Å². The van der Waals surface area contributed by atoms with Crippen molar-refractivity contribution < 1.29 is 19.5 Å². The van der Waals surface area contributed by atoms with Crippen LogP contribution in [0, 0.1) is 17.8 Å². The van der Waals surface area contributed by atoms with Crippen LogP contribution in [-0.4, -0.2) is 41.4 Å². The van der Waals surface area contributed by atoms with Crippen molar-refractivity contribution in [2.75, 3.05) is 13.1 Å². The highest BCUT2D eigenvalue weighted by Crippen LogP contribution is 2.42. The van der Waals surface area contributed by atoms with Crippen molar-refractivity contribution in [3.8, 4) is 0 Å². The third-order valence-corrected chi connectivity index (χ3v) is 5.42. The fourth-order valence-corrected chi connectivity index (χ4v) is 3.93. The average molecular weight is 320 g/mol. The summed E-state index contributed by atoms with van der Waals surface area (Å²) in [7, 11) is 0. The van der Waals surface area contributed by atoms with E-state index in [0.717, 1.165) is 51.6 Å². The van der Waals surface area contributed by atoms with Crippen LogP contribution in [0.5, 0.6) is 0 Å². The molecule has 23 heavy (non-hydrogen) atoms. The van der Waals surface area contributed by atoms with Gasteiger partial charge in [-0.1, -0.05) is 18.6 Å². The largest absolute Gasteiger partial charge is 0.479 e. The normalized spacial score (nSPS) is 38.2. The van der Waals surface area contributed by atoms with Crippen LogP contribution in [0.15, 0.2) is 12.2 Å². The Balaban J connectivity index is 1.81. The van der Waals surface area contributed by atoms with E-state index in [1.54, 1.807) is 6.08 Å². The van der Waals surface area contributed by atoms with Gasteiger partial charge in [-0.25, -0.2) is 4.79 Å². The molecule has 0 spiro atoms. The Labute approximate surface area is 135 Å². The van der Waals surface area contributed by atoms with E-state index in [2.05, 4.69) is 10.6 Å². The molecule has 4 unspecified atom stereocenters. The smallest absolute Gasteiger partial charge is 0.338 e. The molecule has 1 heterocycles. The minimum absolute atomic E-state index is 0.195. The summed E-state index contributed by atoms with van der Waals surface area (Å²) in [6.07, 6.45) is 9.10. The number of carboxylic acids is 1. The average Bonchev–Trinajstić information content (AvgIpc) is 2.87. The molecule has 2 saturated carbocycles. The summed E-state index contributed by atoms with van der Waals surface area (Å²) < 4.78 is 0. The first kappa shape index (κ1) is 16.2. The lowest BCUT2D eigenvalue weighted by atomic mass is 9.94. The van der Waals surface area contributed by atoms with Gasteiger partial charge in [0.15, 0.2) is 5.78 Å². The summed E-state index contributed by atoms with van der Waals surface area (Å²) in [6, 6.07) is 0. The second-order valence-electron chi connectivity index (χ2n) is 6.87. The fourth-order valence-electron chi connectivity index (χ4n) is 3.93. The van der Waals surface area contributed by atoms with E-state index in [4.69, 9.17) is 0 Å². The summed E-state index contributed by atoms with van der Waals surface area (Å²) in [5.41, 5.74) is -1.72. The van der Waals surface area contributed by atoms with Gasteiger partial charge in [0.1, 0.15) is 0 Å². The van der Waals surface area contributed by atoms with E-state index < -0.39 is 23.2 Å². The Morgan fingerprint density at radius 3 is 2.83 bits per heavy atom. The SMILES string of the molecule is O=C1NC2(C(=O)O)C(=O)C2C=CCCCCNCC2CCCC12. The number of carboxylic acid groups (broad SMARTS) is 1. The van der Waals surface area contributed by atoms with Crippen LogP contribution in [0.4, 0.5) is 0 Å². The lowest BCUT2D eigenvalue weighted by Gasteiger charge is -2.22. The zero-order chi connectivity index (χ0) is 16.4. The molecule has 6 heteroatoms. The monoisotopic (exact) mass is 320 g/mol. The van der Waals surface area contributed by atoms with Crippen LogP contribution in [0.25, 0.3) is 0 Å². The van der Waals surface area contributed by atoms with Gasteiger partial charge in [-0.2, -0.15) is 0 Å². The van der Waals surface area contributed by atoms with E-state index in [1.165, 1.54) is 0 Å². The van der Waals surface area contributed by atoms with Crippen molar-refractivity contribution in [1.29, 1.82) is 0 Å². The molecule has 0 aromatic rings. The van der Waals surface area contributed by atoms with Gasteiger partial charge < -0.3 is 15.7 Å². The molecule has 1 aliphatic heterocycles. The molecule has 0 aromatic heterocycles. The molecule has 0 bridgehead atoms. The van der Waals surface area contributed by atoms with E-state index in [0.29, 0.717) is 0 Å². The number of hydrogen-bond acceptors (Lipinski definition) is 4. The molecule has 3 rings (SSSR count). The molecule has 2 fully saturated rings. The molecular weight excluding hydrogens is 296 g/mol. The molecule has 6 nitrogen and oxygen atoms in total. The number of carbonyl (C=O) groups excluding carboxylic acids is 2. The topological polar surface area (TPSA) is 95.5 Å². The third-order valence-electron chi connectivity index (χ3n) is 5.42. The third kappa shape index (κ3) is 2.92. The molecule has 2 aliphatic carbocycles. The lowest BCUT2D eigenvalue weighted by Crippen LogP contribution is -2.49. The van der Waals surface area contributed by atoms with Gasteiger partial charge in [-0.15, -0.1) is 0 Å². The predicted octanol–water partition coefficient (Wildman–Crippen LogP) is 0.871. The first-order chi connectivity index (χ1) is 11.1. The molecule has 126 valence electrons. The Kier molecular flexibility index (Phi) is 4.53. The summed E-state index contributed by atoms with van der Waals surface area (Å²) in [5, 5.41) is 15.5. The number of allylic oxidation sites excluding steroid dienone is 1. The maximum Gasteiger partial charge on any atom is 0.338 e. The lowest BCUT2D eigenvalue weighted by molar-refractivity contribution is -0.145. The highest BCUT2D eigenvalue weighted by molar-refractivity contribution is 6.27. The summed E-state index contributed by atoms with van der Waals surface area (Å²) in [6.45, 7) is 1.71. The van der Waals surface area contributed by atoms with E-state index in [9.17, 15) is 19.5 Å². The van der Waals surface area contributed by atoms with E-state index in [1.807, 2.05) is 6.08 Å².